The van der Waals surface area contributed by atoms with Crippen LogP contribution in [-0.2, 0) is 0 Å². The molecule has 0 radical (unpaired) electrons. The Balaban J connectivity index is 1.67. The van der Waals surface area contributed by atoms with Crippen LogP contribution in [0.2, 0.25) is 0 Å². The number of nitrogens with two attached hydrogens (primary N) is 1. The zero-order valence-corrected chi connectivity index (χ0v) is 10.6. The molecule has 1 nitrogen and oxygen atoms in total. The van der Waals surface area contributed by atoms with Crippen LogP contribution in [-0.4, -0.2) is 11.8 Å². The number of benzene rings is 1. The highest BCUT2D eigenvalue weighted by Crippen LogP contribution is 2.29. The first-order valence-corrected chi connectivity index (χ1v) is 7.28. The van der Waals surface area contributed by atoms with Gasteiger partial charge in [-0.1, -0.05) is 31.0 Å². The van der Waals surface area contributed by atoms with Crippen LogP contribution in [0.25, 0.3) is 0 Å². The largest absolute Gasteiger partial charge is 0.327 e. The van der Waals surface area contributed by atoms with Gasteiger partial charge in [0.25, 0.3) is 0 Å². The van der Waals surface area contributed by atoms with Crippen molar-refractivity contribution in [3.05, 3.63) is 30.3 Å². The van der Waals surface area contributed by atoms with Crippen LogP contribution < -0.4 is 5.73 Å². The van der Waals surface area contributed by atoms with Gasteiger partial charge in [0.2, 0.25) is 0 Å². The summed E-state index contributed by atoms with van der Waals surface area (Å²) in [6.07, 6.45) is 6.66. The first-order chi connectivity index (χ1) is 7.86. The number of hydrogen-bond donors (Lipinski definition) is 1. The Kier molecular flexibility index (Phi) is 4.73. The van der Waals surface area contributed by atoms with Gasteiger partial charge < -0.3 is 5.73 Å². The summed E-state index contributed by atoms with van der Waals surface area (Å²) in [7, 11) is 0. The molecule has 1 aromatic carbocycles. The van der Waals surface area contributed by atoms with Gasteiger partial charge in [-0.15, -0.1) is 11.8 Å². The molecule has 1 aromatic rings. The predicted molar refractivity (Wildman–Crippen MR) is 71.7 cm³/mol. The summed E-state index contributed by atoms with van der Waals surface area (Å²) < 4.78 is 0. The van der Waals surface area contributed by atoms with Crippen molar-refractivity contribution < 1.29 is 0 Å². The van der Waals surface area contributed by atoms with Crippen molar-refractivity contribution in [2.45, 2.75) is 43.0 Å². The summed E-state index contributed by atoms with van der Waals surface area (Å²) in [5.74, 6) is 1.96. The van der Waals surface area contributed by atoms with Crippen LogP contribution in [0.15, 0.2) is 35.2 Å². The first-order valence-electron chi connectivity index (χ1n) is 6.29. The molecule has 1 aliphatic carbocycles. The highest BCUT2D eigenvalue weighted by molar-refractivity contribution is 7.99. The lowest BCUT2D eigenvalue weighted by Crippen LogP contribution is -2.28. The van der Waals surface area contributed by atoms with Crippen LogP contribution in [0.4, 0.5) is 0 Å². The standard InChI is InChI=1S/C14H21NS/c15-14(12-6-4-5-7-12)10-11-16-13-8-2-1-3-9-13/h1-3,8-9,12,14H,4-7,10-11,15H2. The molecule has 2 N–H and O–H groups in total. The lowest BCUT2D eigenvalue weighted by molar-refractivity contribution is 0.424. The van der Waals surface area contributed by atoms with Crippen LogP contribution in [0, 0.1) is 5.92 Å². The molecule has 1 aliphatic rings. The molecule has 0 amide bonds. The zero-order valence-electron chi connectivity index (χ0n) is 9.77. The van der Waals surface area contributed by atoms with E-state index in [2.05, 4.69) is 30.3 Å². The zero-order chi connectivity index (χ0) is 11.2. The minimum absolute atomic E-state index is 0.429. The van der Waals surface area contributed by atoms with Crippen molar-refractivity contribution in [3.8, 4) is 0 Å². The SMILES string of the molecule is NC(CCSc1ccccc1)C1CCCC1. The summed E-state index contributed by atoms with van der Waals surface area (Å²) in [6.45, 7) is 0. The molecule has 0 heterocycles. The molecule has 0 spiro atoms. The summed E-state index contributed by atoms with van der Waals surface area (Å²) in [5, 5.41) is 0. The molecular formula is C14H21NS. The van der Waals surface area contributed by atoms with Gasteiger partial charge in [-0.25, -0.2) is 0 Å². The summed E-state index contributed by atoms with van der Waals surface area (Å²) in [4.78, 5) is 1.36. The van der Waals surface area contributed by atoms with E-state index in [-0.39, 0.29) is 0 Å². The Morgan fingerprint density at radius 3 is 2.56 bits per heavy atom. The molecular weight excluding hydrogens is 214 g/mol. The van der Waals surface area contributed by atoms with Crippen LogP contribution in [0.1, 0.15) is 32.1 Å². The van der Waals surface area contributed by atoms with Gasteiger partial charge in [-0.05, 0) is 43.1 Å². The molecule has 1 atom stereocenters. The number of thioether (sulfide) groups is 1. The van der Waals surface area contributed by atoms with E-state index in [9.17, 15) is 0 Å². The van der Waals surface area contributed by atoms with Crippen molar-refractivity contribution in [2.24, 2.45) is 11.7 Å². The normalized spacial score (nSPS) is 18.8. The molecule has 88 valence electrons. The highest BCUT2D eigenvalue weighted by Gasteiger charge is 2.21. The Morgan fingerprint density at radius 2 is 1.88 bits per heavy atom. The highest BCUT2D eigenvalue weighted by atomic mass is 32.2. The quantitative estimate of drug-likeness (QED) is 0.788. The van der Waals surface area contributed by atoms with Crippen molar-refractivity contribution in [2.75, 3.05) is 5.75 Å². The fourth-order valence-electron chi connectivity index (χ4n) is 2.45. The van der Waals surface area contributed by atoms with E-state index >= 15 is 0 Å². The van der Waals surface area contributed by atoms with E-state index in [1.807, 2.05) is 11.8 Å². The second kappa shape index (κ2) is 6.31. The third-order valence-corrected chi connectivity index (χ3v) is 4.51. The van der Waals surface area contributed by atoms with Crippen molar-refractivity contribution >= 4 is 11.8 Å². The predicted octanol–water partition coefficient (Wildman–Crippen LogP) is 3.69. The van der Waals surface area contributed by atoms with Crippen molar-refractivity contribution in [1.29, 1.82) is 0 Å². The van der Waals surface area contributed by atoms with Gasteiger partial charge in [-0.3, -0.25) is 0 Å². The van der Waals surface area contributed by atoms with E-state index in [1.165, 1.54) is 30.6 Å². The van der Waals surface area contributed by atoms with Crippen LogP contribution >= 0.6 is 11.8 Å². The molecule has 1 saturated carbocycles. The van der Waals surface area contributed by atoms with Gasteiger partial charge >= 0.3 is 0 Å². The van der Waals surface area contributed by atoms with E-state index in [4.69, 9.17) is 5.73 Å². The summed E-state index contributed by atoms with van der Waals surface area (Å²) in [5.41, 5.74) is 6.23. The monoisotopic (exact) mass is 235 g/mol. The minimum Gasteiger partial charge on any atom is -0.327 e. The molecule has 0 aromatic heterocycles. The average molecular weight is 235 g/mol. The molecule has 16 heavy (non-hydrogen) atoms. The molecule has 0 aliphatic heterocycles. The van der Waals surface area contributed by atoms with Gasteiger partial charge in [0.1, 0.15) is 0 Å². The first kappa shape index (κ1) is 12.0. The maximum atomic E-state index is 6.23. The van der Waals surface area contributed by atoms with Crippen molar-refractivity contribution in [3.63, 3.8) is 0 Å². The fraction of sp³-hybridized carbons (Fsp3) is 0.571. The maximum Gasteiger partial charge on any atom is 0.00751 e. The Labute approximate surface area is 103 Å². The van der Waals surface area contributed by atoms with Gasteiger partial charge in [0.05, 0.1) is 0 Å². The second-order valence-electron chi connectivity index (χ2n) is 4.66. The van der Waals surface area contributed by atoms with Gasteiger partial charge in [0, 0.05) is 10.9 Å². The van der Waals surface area contributed by atoms with E-state index in [0.29, 0.717) is 6.04 Å². The number of rotatable bonds is 5. The minimum atomic E-state index is 0.429. The molecule has 2 heteroatoms. The third-order valence-electron chi connectivity index (χ3n) is 3.47. The van der Waals surface area contributed by atoms with Crippen molar-refractivity contribution in [1.82, 2.24) is 0 Å². The second-order valence-corrected chi connectivity index (χ2v) is 5.83. The van der Waals surface area contributed by atoms with E-state index in [0.717, 1.165) is 18.1 Å². The lowest BCUT2D eigenvalue weighted by atomic mass is 9.97. The molecule has 0 saturated heterocycles. The van der Waals surface area contributed by atoms with Crippen LogP contribution in [0.5, 0.6) is 0 Å². The fourth-order valence-corrected chi connectivity index (χ4v) is 3.43. The molecule has 0 bridgehead atoms. The summed E-state index contributed by atoms with van der Waals surface area (Å²) >= 11 is 1.93. The number of hydrogen-bond acceptors (Lipinski definition) is 2. The summed E-state index contributed by atoms with van der Waals surface area (Å²) in [6, 6.07) is 11.0. The van der Waals surface area contributed by atoms with Crippen LogP contribution in [0.3, 0.4) is 0 Å². The maximum absolute atomic E-state index is 6.23. The van der Waals surface area contributed by atoms with E-state index in [1.54, 1.807) is 0 Å². The third kappa shape index (κ3) is 3.53. The molecule has 2 rings (SSSR count). The van der Waals surface area contributed by atoms with Gasteiger partial charge in [-0.2, -0.15) is 0 Å². The average Bonchev–Trinajstić information content (AvgIpc) is 2.84. The Hall–Kier alpha value is -0.470. The smallest absolute Gasteiger partial charge is 0.00751 e. The topological polar surface area (TPSA) is 26.0 Å². The lowest BCUT2D eigenvalue weighted by Gasteiger charge is -2.18. The molecule has 1 unspecified atom stereocenters. The van der Waals surface area contributed by atoms with E-state index < -0.39 is 0 Å². The molecule has 1 fully saturated rings. The Morgan fingerprint density at radius 1 is 1.19 bits per heavy atom. The van der Waals surface area contributed by atoms with Gasteiger partial charge in [0.15, 0.2) is 0 Å². The Bertz CT molecular complexity index is 293.